The predicted molar refractivity (Wildman–Crippen MR) is 88.8 cm³/mol. The first-order valence-corrected chi connectivity index (χ1v) is 7.65. The zero-order chi connectivity index (χ0) is 15.2. The third-order valence-corrected chi connectivity index (χ3v) is 3.63. The van der Waals surface area contributed by atoms with Crippen molar-refractivity contribution in [3.05, 3.63) is 58.1 Å². The van der Waals surface area contributed by atoms with Crippen LogP contribution in [0.3, 0.4) is 0 Å². The zero-order valence-electron chi connectivity index (χ0n) is 12.2. The van der Waals surface area contributed by atoms with Crippen LogP contribution in [-0.2, 0) is 11.2 Å². The van der Waals surface area contributed by atoms with Crippen LogP contribution in [-0.4, -0.2) is 12.5 Å². The number of carbonyl (C=O) groups excluding carboxylic acids is 1. The van der Waals surface area contributed by atoms with E-state index in [4.69, 9.17) is 4.74 Å². The largest absolute Gasteiger partial charge is 0.484 e. The molecule has 4 heteroatoms. The van der Waals surface area contributed by atoms with Crippen molar-refractivity contribution in [3.8, 4) is 5.75 Å². The van der Waals surface area contributed by atoms with Crippen LogP contribution in [0.2, 0.25) is 0 Å². The molecule has 0 aliphatic heterocycles. The summed E-state index contributed by atoms with van der Waals surface area (Å²) >= 11 is 3.40. The number of carbonyl (C=O) groups is 1. The fourth-order valence-electron chi connectivity index (χ4n) is 1.96. The Morgan fingerprint density at radius 2 is 2.05 bits per heavy atom. The van der Waals surface area contributed by atoms with Gasteiger partial charge in [0, 0.05) is 10.2 Å². The molecule has 2 aromatic rings. The molecule has 0 saturated carbocycles. The van der Waals surface area contributed by atoms with E-state index in [1.54, 1.807) is 0 Å². The van der Waals surface area contributed by atoms with Gasteiger partial charge in [-0.1, -0.05) is 35.0 Å². The highest BCUT2D eigenvalue weighted by Crippen LogP contribution is 2.20. The molecule has 3 nitrogen and oxygen atoms in total. The maximum Gasteiger partial charge on any atom is 0.262 e. The molecule has 0 heterocycles. The molecule has 1 N–H and O–H groups in total. The number of hydrogen-bond acceptors (Lipinski definition) is 2. The second-order valence-corrected chi connectivity index (χ2v) is 5.71. The number of rotatable bonds is 5. The van der Waals surface area contributed by atoms with E-state index >= 15 is 0 Å². The minimum atomic E-state index is -0.165. The summed E-state index contributed by atoms with van der Waals surface area (Å²) in [7, 11) is 0. The quantitative estimate of drug-likeness (QED) is 0.873. The fourth-order valence-corrected chi connectivity index (χ4v) is 2.43. The lowest BCUT2D eigenvalue weighted by atomic mass is 10.2. The molecule has 2 aromatic carbocycles. The summed E-state index contributed by atoms with van der Waals surface area (Å²) in [5.74, 6) is 0.555. The number of hydrogen-bond donors (Lipinski definition) is 1. The zero-order valence-corrected chi connectivity index (χ0v) is 13.7. The van der Waals surface area contributed by atoms with Crippen LogP contribution in [0.25, 0.3) is 0 Å². The Bertz CT molecular complexity index is 640. The molecular formula is C17H18BrNO2. The summed E-state index contributed by atoms with van der Waals surface area (Å²) in [5.41, 5.74) is 3.00. The molecule has 0 aliphatic rings. The SMILES string of the molecule is CCc1cccc(OCC(=O)Nc2ccc(Br)cc2C)c1. The third kappa shape index (κ3) is 4.60. The summed E-state index contributed by atoms with van der Waals surface area (Å²) in [6.07, 6.45) is 0.946. The van der Waals surface area contributed by atoms with Crippen molar-refractivity contribution in [3.63, 3.8) is 0 Å². The van der Waals surface area contributed by atoms with Gasteiger partial charge >= 0.3 is 0 Å². The summed E-state index contributed by atoms with van der Waals surface area (Å²) in [6.45, 7) is 4.04. The van der Waals surface area contributed by atoms with Crippen molar-refractivity contribution < 1.29 is 9.53 Å². The topological polar surface area (TPSA) is 38.3 Å². The van der Waals surface area contributed by atoms with E-state index in [1.807, 2.05) is 49.4 Å². The van der Waals surface area contributed by atoms with Crippen LogP contribution in [0, 0.1) is 6.92 Å². The standard InChI is InChI=1S/C17H18BrNO2/c1-3-13-5-4-6-15(10-13)21-11-17(20)19-16-8-7-14(18)9-12(16)2/h4-10H,3,11H2,1-2H3,(H,19,20). The van der Waals surface area contributed by atoms with Crippen molar-refractivity contribution >= 4 is 27.5 Å². The van der Waals surface area contributed by atoms with Crippen LogP contribution < -0.4 is 10.1 Å². The Morgan fingerprint density at radius 3 is 2.76 bits per heavy atom. The number of aryl methyl sites for hydroxylation is 2. The molecule has 0 aromatic heterocycles. The van der Waals surface area contributed by atoms with Crippen molar-refractivity contribution in [1.82, 2.24) is 0 Å². The second kappa shape index (κ2) is 7.27. The summed E-state index contributed by atoms with van der Waals surface area (Å²) in [6, 6.07) is 13.5. The van der Waals surface area contributed by atoms with Gasteiger partial charge in [-0.05, 0) is 54.8 Å². The van der Waals surface area contributed by atoms with E-state index in [-0.39, 0.29) is 12.5 Å². The van der Waals surface area contributed by atoms with Crippen molar-refractivity contribution in [2.75, 3.05) is 11.9 Å². The Labute approximate surface area is 133 Å². The molecule has 0 spiro atoms. The molecule has 0 fully saturated rings. The number of amides is 1. The molecule has 1 amide bonds. The first-order valence-electron chi connectivity index (χ1n) is 6.86. The molecular weight excluding hydrogens is 330 g/mol. The van der Waals surface area contributed by atoms with Crippen molar-refractivity contribution in [1.29, 1.82) is 0 Å². The Balaban J connectivity index is 1.92. The Kier molecular flexibility index (Phi) is 5.39. The third-order valence-electron chi connectivity index (χ3n) is 3.14. The van der Waals surface area contributed by atoms with Gasteiger partial charge < -0.3 is 10.1 Å². The molecule has 0 bridgehead atoms. The maximum atomic E-state index is 11.9. The van der Waals surface area contributed by atoms with E-state index in [2.05, 4.69) is 28.2 Å². The monoisotopic (exact) mass is 347 g/mol. The Hall–Kier alpha value is -1.81. The molecule has 0 radical (unpaired) electrons. The number of halogens is 1. The molecule has 0 unspecified atom stereocenters. The molecule has 21 heavy (non-hydrogen) atoms. The van der Waals surface area contributed by atoms with Crippen LogP contribution in [0.5, 0.6) is 5.75 Å². The van der Waals surface area contributed by atoms with Gasteiger partial charge in [-0.25, -0.2) is 0 Å². The van der Waals surface area contributed by atoms with Gasteiger partial charge in [-0.2, -0.15) is 0 Å². The molecule has 0 aliphatic carbocycles. The normalized spacial score (nSPS) is 10.2. The number of ether oxygens (including phenoxy) is 1. The summed E-state index contributed by atoms with van der Waals surface area (Å²) in [4.78, 5) is 11.9. The van der Waals surface area contributed by atoms with E-state index in [9.17, 15) is 4.79 Å². The number of benzene rings is 2. The second-order valence-electron chi connectivity index (χ2n) is 4.80. The summed E-state index contributed by atoms with van der Waals surface area (Å²) < 4.78 is 6.52. The van der Waals surface area contributed by atoms with Gasteiger partial charge in [0.05, 0.1) is 0 Å². The van der Waals surface area contributed by atoms with Crippen LogP contribution in [0.15, 0.2) is 46.9 Å². The van der Waals surface area contributed by atoms with Crippen LogP contribution in [0.1, 0.15) is 18.1 Å². The average Bonchev–Trinajstić information content (AvgIpc) is 2.48. The highest BCUT2D eigenvalue weighted by Gasteiger charge is 2.06. The van der Waals surface area contributed by atoms with Gasteiger partial charge in [-0.15, -0.1) is 0 Å². The fraction of sp³-hybridized carbons (Fsp3) is 0.235. The lowest BCUT2D eigenvalue weighted by Gasteiger charge is -2.10. The van der Waals surface area contributed by atoms with Gasteiger partial charge in [0.2, 0.25) is 0 Å². The lowest BCUT2D eigenvalue weighted by Crippen LogP contribution is -2.20. The molecule has 0 atom stereocenters. The lowest BCUT2D eigenvalue weighted by molar-refractivity contribution is -0.118. The molecule has 2 rings (SSSR count). The van der Waals surface area contributed by atoms with Crippen LogP contribution >= 0.6 is 15.9 Å². The summed E-state index contributed by atoms with van der Waals surface area (Å²) in [5, 5.41) is 2.85. The van der Waals surface area contributed by atoms with Gasteiger partial charge in [0.15, 0.2) is 6.61 Å². The van der Waals surface area contributed by atoms with Gasteiger partial charge in [0.25, 0.3) is 5.91 Å². The highest BCUT2D eigenvalue weighted by molar-refractivity contribution is 9.10. The van der Waals surface area contributed by atoms with Gasteiger partial charge in [0.1, 0.15) is 5.75 Å². The molecule has 110 valence electrons. The van der Waals surface area contributed by atoms with E-state index in [1.165, 1.54) is 5.56 Å². The number of anilines is 1. The van der Waals surface area contributed by atoms with E-state index in [0.717, 1.165) is 27.9 Å². The first kappa shape index (κ1) is 15.6. The molecule has 0 saturated heterocycles. The minimum Gasteiger partial charge on any atom is -0.484 e. The predicted octanol–water partition coefficient (Wildman–Crippen LogP) is 4.34. The average molecular weight is 348 g/mol. The van der Waals surface area contributed by atoms with Crippen LogP contribution in [0.4, 0.5) is 5.69 Å². The first-order chi connectivity index (χ1) is 10.1. The van der Waals surface area contributed by atoms with Gasteiger partial charge in [-0.3, -0.25) is 4.79 Å². The Morgan fingerprint density at radius 1 is 1.24 bits per heavy atom. The van der Waals surface area contributed by atoms with Crippen molar-refractivity contribution in [2.45, 2.75) is 20.3 Å². The maximum absolute atomic E-state index is 11.9. The number of nitrogens with one attached hydrogen (secondary N) is 1. The minimum absolute atomic E-state index is 0.00265. The van der Waals surface area contributed by atoms with E-state index in [0.29, 0.717) is 0 Å². The smallest absolute Gasteiger partial charge is 0.262 e. The van der Waals surface area contributed by atoms with E-state index < -0.39 is 0 Å². The van der Waals surface area contributed by atoms with Crippen molar-refractivity contribution in [2.24, 2.45) is 0 Å². The highest BCUT2D eigenvalue weighted by atomic mass is 79.9.